The van der Waals surface area contributed by atoms with Crippen LogP contribution in [0.3, 0.4) is 0 Å². The van der Waals surface area contributed by atoms with E-state index in [4.69, 9.17) is 14.8 Å². The van der Waals surface area contributed by atoms with Gasteiger partial charge in [-0.3, -0.25) is 0 Å². The highest BCUT2D eigenvalue weighted by atomic mass is 16.5. The van der Waals surface area contributed by atoms with Gasteiger partial charge < -0.3 is 14.5 Å². The fraction of sp³-hybridized carbons (Fsp3) is 0.200. The lowest BCUT2D eigenvalue weighted by atomic mass is 10.1. The molecule has 0 N–H and O–H groups in total. The summed E-state index contributed by atoms with van der Waals surface area (Å²) in [7, 11) is 1.71. The first kappa shape index (κ1) is 22.2. The zero-order valence-corrected chi connectivity index (χ0v) is 20.6. The second kappa shape index (κ2) is 9.38. The molecular formula is C30H29N5O. The average molecular weight is 476 g/mol. The van der Waals surface area contributed by atoms with Crippen molar-refractivity contribution in [1.82, 2.24) is 14.6 Å². The number of ether oxygens (including phenoxy) is 1. The van der Waals surface area contributed by atoms with Crippen LogP contribution in [0, 0.1) is 6.92 Å². The van der Waals surface area contributed by atoms with E-state index in [0.29, 0.717) is 0 Å². The average Bonchev–Trinajstić information content (AvgIpc) is 3.38. The Labute approximate surface area is 211 Å². The molecule has 0 unspecified atom stereocenters. The maximum atomic E-state index is 5.43. The number of anilines is 2. The van der Waals surface area contributed by atoms with E-state index in [1.807, 2.05) is 16.6 Å². The van der Waals surface area contributed by atoms with Crippen LogP contribution < -0.4 is 14.5 Å². The maximum Gasteiger partial charge on any atom is 0.158 e. The molecule has 0 aliphatic carbocycles. The Morgan fingerprint density at radius 1 is 0.694 bits per heavy atom. The number of hydrogen-bond donors (Lipinski definition) is 0. The summed E-state index contributed by atoms with van der Waals surface area (Å²) in [5.74, 6) is 1.96. The molecule has 0 atom stereocenters. The van der Waals surface area contributed by atoms with Crippen molar-refractivity contribution in [2.45, 2.75) is 6.92 Å². The zero-order chi connectivity index (χ0) is 24.5. The molecule has 0 radical (unpaired) electrons. The molecule has 1 fully saturated rings. The molecule has 6 nitrogen and oxygen atoms in total. The highest BCUT2D eigenvalue weighted by Gasteiger charge is 2.22. The van der Waals surface area contributed by atoms with Gasteiger partial charge in [0.15, 0.2) is 5.65 Å². The Balaban J connectivity index is 1.37. The van der Waals surface area contributed by atoms with Crippen molar-refractivity contribution in [2.24, 2.45) is 0 Å². The van der Waals surface area contributed by atoms with Gasteiger partial charge in [0.05, 0.1) is 18.5 Å². The third-order valence-electron chi connectivity index (χ3n) is 6.81. The Kier molecular flexibility index (Phi) is 5.77. The van der Waals surface area contributed by atoms with Crippen LogP contribution in [0.2, 0.25) is 0 Å². The van der Waals surface area contributed by atoms with Gasteiger partial charge in [-0.25, -0.2) is 4.98 Å². The third kappa shape index (κ3) is 4.26. The Morgan fingerprint density at radius 2 is 1.44 bits per heavy atom. The van der Waals surface area contributed by atoms with Crippen LogP contribution >= 0.6 is 0 Å². The topological polar surface area (TPSA) is 45.9 Å². The van der Waals surface area contributed by atoms with Crippen LogP contribution in [0.4, 0.5) is 11.5 Å². The normalized spacial score (nSPS) is 13.8. The lowest BCUT2D eigenvalue weighted by Crippen LogP contribution is -2.47. The number of benzene rings is 3. The standard InChI is InChI=1S/C30H29N5O/c1-22-8-6-11-24(18-22)28-20-29-31-27(23-9-4-3-5-10-23)21-30(35(29)32-28)34-16-14-33(15-17-34)25-12-7-13-26(19-25)36-2/h3-13,18-21H,14-17H2,1-2H3. The Hall–Kier alpha value is -4.32. The van der Waals surface area contributed by atoms with Crippen molar-refractivity contribution in [3.8, 4) is 28.3 Å². The first-order chi connectivity index (χ1) is 17.7. The number of aryl methyl sites for hydroxylation is 1. The van der Waals surface area contributed by atoms with Gasteiger partial charge >= 0.3 is 0 Å². The highest BCUT2D eigenvalue weighted by Crippen LogP contribution is 2.29. The van der Waals surface area contributed by atoms with Crippen molar-refractivity contribution in [3.05, 3.63) is 96.6 Å². The summed E-state index contributed by atoms with van der Waals surface area (Å²) in [4.78, 5) is 9.84. The largest absolute Gasteiger partial charge is 0.497 e. The molecule has 0 spiro atoms. The number of aromatic nitrogens is 3. The van der Waals surface area contributed by atoms with E-state index >= 15 is 0 Å². The summed E-state index contributed by atoms with van der Waals surface area (Å²) in [5.41, 5.74) is 7.39. The number of rotatable bonds is 5. The van der Waals surface area contributed by atoms with Gasteiger partial charge in [-0.2, -0.15) is 9.61 Å². The van der Waals surface area contributed by atoms with Crippen molar-refractivity contribution in [2.75, 3.05) is 43.1 Å². The molecule has 36 heavy (non-hydrogen) atoms. The van der Waals surface area contributed by atoms with Crippen LogP contribution in [0.15, 0.2) is 91.0 Å². The van der Waals surface area contributed by atoms with Crippen LogP contribution in [0.25, 0.3) is 28.2 Å². The predicted octanol–water partition coefficient (Wildman–Crippen LogP) is 5.71. The molecule has 0 saturated carbocycles. The Bertz CT molecular complexity index is 1500. The molecule has 2 aromatic heterocycles. The molecular weight excluding hydrogens is 446 g/mol. The molecule has 6 rings (SSSR count). The minimum absolute atomic E-state index is 0.859. The lowest BCUT2D eigenvalue weighted by Gasteiger charge is -2.37. The number of hydrogen-bond acceptors (Lipinski definition) is 5. The van der Waals surface area contributed by atoms with Crippen LogP contribution in [-0.2, 0) is 0 Å². The van der Waals surface area contributed by atoms with Gasteiger partial charge in [-0.05, 0) is 25.1 Å². The zero-order valence-electron chi connectivity index (χ0n) is 20.6. The van der Waals surface area contributed by atoms with Crippen LogP contribution in [-0.4, -0.2) is 47.9 Å². The smallest absolute Gasteiger partial charge is 0.158 e. The van der Waals surface area contributed by atoms with Gasteiger partial charge in [-0.1, -0.05) is 60.2 Å². The highest BCUT2D eigenvalue weighted by molar-refractivity contribution is 5.71. The van der Waals surface area contributed by atoms with E-state index in [1.54, 1.807) is 7.11 Å². The molecule has 3 aromatic carbocycles. The SMILES string of the molecule is COc1cccc(N2CCN(c3cc(-c4ccccc4)nc4cc(-c5cccc(C)c5)nn34)CC2)c1. The molecule has 3 heterocycles. The van der Waals surface area contributed by atoms with Crippen molar-refractivity contribution in [1.29, 1.82) is 0 Å². The second-order valence-electron chi connectivity index (χ2n) is 9.21. The van der Waals surface area contributed by atoms with Crippen molar-refractivity contribution >= 4 is 17.2 Å². The van der Waals surface area contributed by atoms with Crippen LogP contribution in [0.5, 0.6) is 5.75 Å². The molecule has 5 aromatic rings. The number of methoxy groups -OCH3 is 1. The molecule has 1 aliphatic rings. The van der Waals surface area contributed by atoms with Crippen LogP contribution in [0.1, 0.15) is 5.56 Å². The van der Waals surface area contributed by atoms with Gasteiger partial charge in [-0.15, -0.1) is 0 Å². The van der Waals surface area contributed by atoms with Gasteiger partial charge in [0.2, 0.25) is 0 Å². The van der Waals surface area contributed by atoms with E-state index in [9.17, 15) is 0 Å². The van der Waals surface area contributed by atoms with E-state index in [0.717, 1.165) is 65.9 Å². The second-order valence-corrected chi connectivity index (χ2v) is 9.21. The van der Waals surface area contributed by atoms with E-state index in [1.165, 1.54) is 11.3 Å². The first-order valence-corrected chi connectivity index (χ1v) is 12.4. The van der Waals surface area contributed by atoms with E-state index in [-0.39, 0.29) is 0 Å². The predicted molar refractivity (Wildman–Crippen MR) is 146 cm³/mol. The minimum atomic E-state index is 0.859. The Morgan fingerprint density at radius 3 is 2.22 bits per heavy atom. The quantitative estimate of drug-likeness (QED) is 0.326. The summed E-state index contributed by atoms with van der Waals surface area (Å²) in [6.45, 7) is 5.74. The van der Waals surface area contributed by atoms with E-state index in [2.05, 4.69) is 95.6 Å². The fourth-order valence-corrected chi connectivity index (χ4v) is 4.89. The molecule has 6 heteroatoms. The fourth-order valence-electron chi connectivity index (χ4n) is 4.89. The van der Waals surface area contributed by atoms with E-state index < -0.39 is 0 Å². The molecule has 1 saturated heterocycles. The number of fused-ring (bicyclic) bond motifs is 1. The van der Waals surface area contributed by atoms with Gasteiger partial charge in [0.1, 0.15) is 11.6 Å². The summed E-state index contributed by atoms with van der Waals surface area (Å²) in [5, 5.41) is 5.02. The third-order valence-corrected chi connectivity index (χ3v) is 6.81. The van der Waals surface area contributed by atoms with Crippen molar-refractivity contribution in [3.63, 3.8) is 0 Å². The maximum absolute atomic E-state index is 5.43. The molecule has 0 bridgehead atoms. The lowest BCUT2D eigenvalue weighted by molar-refractivity contribution is 0.414. The summed E-state index contributed by atoms with van der Waals surface area (Å²) in [6.07, 6.45) is 0. The summed E-state index contributed by atoms with van der Waals surface area (Å²) >= 11 is 0. The summed E-state index contributed by atoms with van der Waals surface area (Å²) in [6, 6.07) is 31.4. The molecule has 180 valence electrons. The minimum Gasteiger partial charge on any atom is -0.497 e. The summed E-state index contributed by atoms with van der Waals surface area (Å²) < 4.78 is 7.44. The first-order valence-electron chi connectivity index (χ1n) is 12.4. The molecule has 1 aliphatic heterocycles. The van der Waals surface area contributed by atoms with Gasteiger partial charge in [0, 0.05) is 61.2 Å². The monoisotopic (exact) mass is 475 g/mol. The number of nitrogens with zero attached hydrogens (tertiary/aromatic N) is 5. The number of piperazine rings is 1. The molecule has 0 amide bonds. The van der Waals surface area contributed by atoms with Crippen molar-refractivity contribution < 1.29 is 4.74 Å². The van der Waals surface area contributed by atoms with Gasteiger partial charge in [0.25, 0.3) is 0 Å².